The second-order valence-electron chi connectivity index (χ2n) is 14.8. The average Bonchev–Trinajstić information content (AvgIpc) is 3.02. The van der Waals surface area contributed by atoms with Gasteiger partial charge in [0, 0.05) is 39.0 Å². The Kier molecular flexibility index (Phi) is 22.0. The van der Waals surface area contributed by atoms with Crippen LogP contribution in [0.2, 0.25) is 0 Å². The van der Waals surface area contributed by atoms with E-state index in [1.54, 1.807) is 26.8 Å². The molecule has 0 saturated carbocycles. The van der Waals surface area contributed by atoms with Crippen molar-refractivity contribution in [2.24, 2.45) is 17.8 Å². The minimum Gasteiger partial charge on any atom is -0.462 e. The fraction of sp³-hybridized carbons (Fsp3) is 0.821. The van der Waals surface area contributed by atoms with Crippen molar-refractivity contribution in [1.29, 1.82) is 0 Å². The quantitative estimate of drug-likeness (QED) is 0.128. The lowest BCUT2D eigenvalue weighted by Crippen LogP contribution is -2.39. The first-order valence-corrected chi connectivity index (χ1v) is 18.7. The molecule has 0 fully saturated rings. The molecule has 11 atom stereocenters. The van der Waals surface area contributed by atoms with Crippen LogP contribution in [0.3, 0.4) is 0 Å². The summed E-state index contributed by atoms with van der Waals surface area (Å²) >= 11 is 0. The molecule has 0 aliphatic carbocycles. The number of cyclic esters (lactones) is 1. The van der Waals surface area contributed by atoms with Gasteiger partial charge in [-0.2, -0.15) is 0 Å². The zero-order valence-electron chi connectivity index (χ0n) is 31.9. The van der Waals surface area contributed by atoms with Gasteiger partial charge in [0.15, 0.2) is 0 Å². The van der Waals surface area contributed by atoms with Gasteiger partial charge in [-0.05, 0) is 90.6 Å². The Hall–Kier alpha value is -2.31. The summed E-state index contributed by atoms with van der Waals surface area (Å²) in [6.07, 6.45) is 3.48. The maximum Gasteiger partial charge on any atom is 0.311 e. The van der Waals surface area contributed by atoms with Gasteiger partial charge in [-0.25, -0.2) is 0 Å². The van der Waals surface area contributed by atoms with Gasteiger partial charge >= 0.3 is 17.9 Å². The summed E-state index contributed by atoms with van der Waals surface area (Å²) in [5.41, 5.74) is 1.90. The second-order valence-corrected chi connectivity index (χ2v) is 14.8. The zero-order chi connectivity index (χ0) is 38.0. The summed E-state index contributed by atoms with van der Waals surface area (Å²) in [5.74, 6) is -3.43. The van der Waals surface area contributed by atoms with Crippen LogP contribution in [0.15, 0.2) is 23.3 Å². The summed E-state index contributed by atoms with van der Waals surface area (Å²) in [5, 5.41) is 54.6. The molecule has 0 spiro atoms. The van der Waals surface area contributed by atoms with Crippen LogP contribution in [-0.4, -0.2) is 92.3 Å². The molecular weight excluding hydrogens is 644 g/mol. The Labute approximate surface area is 300 Å². The van der Waals surface area contributed by atoms with Crippen LogP contribution in [0.4, 0.5) is 0 Å². The Morgan fingerprint density at radius 3 is 2.14 bits per heavy atom. The van der Waals surface area contributed by atoms with Crippen LogP contribution >= 0.6 is 0 Å². The highest BCUT2D eigenvalue weighted by molar-refractivity contribution is 5.73. The highest BCUT2D eigenvalue weighted by atomic mass is 16.6. The van der Waals surface area contributed by atoms with E-state index >= 15 is 0 Å². The molecular formula is C39H68O11. The molecule has 1 heterocycles. The number of esters is 3. The van der Waals surface area contributed by atoms with E-state index in [2.05, 4.69) is 6.08 Å². The summed E-state index contributed by atoms with van der Waals surface area (Å²) < 4.78 is 16.9. The van der Waals surface area contributed by atoms with Crippen molar-refractivity contribution in [3.8, 4) is 0 Å². The summed E-state index contributed by atoms with van der Waals surface area (Å²) in [6.45, 7) is 13.6. The number of aliphatic hydroxyl groups is 5. The Balaban J connectivity index is 3.30. The van der Waals surface area contributed by atoms with Gasteiger partial charge in [-0.15, -0.1) is 0 Å². The first-order chi connectivity index (χ1) is 23.4. The van der Waals surface area contributed by atoms with Crippen LogP contribution in [0.1, 0.15) is 139 Å². The number of rotatable bonds is 7. The third-order valence-electron chi connectivity index (χ3n) is 9.76. The molecule has 4 unspecified atom stereocenters. The minimum absolute atomic E-state index is 0.0872. The van der Waals surface area contributed by atoms with Crippen LogP contribution in [-0.2, 0) is 28.6 Å². The highest BCUT2D eigenvalue weighted by Crippen LogP contribution is 2.27. The second kappa shape index (κ2) is 24.0. The summed E-state index contributed by atoms with van der Waals surface area (Å²) in [7, 11) is 0. The lowest BCUT2D eigenvalue weighted by molar-refractivity contribution is -0.160. The van der Waals surface area contributed by atoms with E-state index in [9.17, 15) is 39.9 Å². The minimum atomic E-state index is -1.09. The zero-order valence-corrected chi connectivity index (χ0v) is 31.9. The topological polar surface area (TPSA) is 180 Å². The van der Waals surface area contributed by atoms with Gasteiger partial charge < -0.3 is 39.7 Å². The van der Waals surface area contributed by atoms with Crippen molar-refractivity contribution in [2.45, 2.75) is 188 Å². The number of carbonyl (C=O) groups is 3. The molecule has 0 aromatic carbocycles. The van der Waals surface area contributed by atoms with E-state index in [0.29, 0.717) is 44.9 Å². The SMILES string of the molecule is CCCC(C/C(C)=C/[C@H]1OC(=O)[C@@H](C)[C@@H](O)[C@H](C)CC[C@H](O)C[C@@H](OC(C)=O)CC(O)CC/C(C)=C/CCCC(O)CC(O)[C@@H]1C)OC(C)=O. The molecule has 290 valence electrons. The molecule has 11 nitrogen and oxygen atoms in total. The lowest BCUT2D eigenvalue weighted by atomic mass is 9.87. The lowest BCUT2D eigenvalue weighted by Gasteiger charge is -2.31. The van der Waals surface area contributed by atoms with Crippen LogP contribution < -0.4 is 0 Å². The highest BCUT2D eigenvalue weighted by Gasteiger charge is 2.34. The van der Waals surface area contributed by atoms with E-state index in [4.69, 9.17) is 14.2 Å². The molecule has 1 rings (SSSR count). The number of hydrogen-bond donors (Lipinski definition) is 5. The third kappa shape index (κ3) is 18.8. The van der Waals surface area contributed by atoms with Gasteiger partial charge in [-0.1, -0.05) is 44.4 Å². The first-order valence-electron chi connectivity index (χ1n) is 18.7. The molecule has 0 bridgehead atoms. The largest absolute Gasteiger partial charge is 0.462 e. The molecule has 50 heavy (non-hydrogen) atoms. The van der Waals surface area contributed by atoms with Crippen molar-refractivity contribution in [3.05, 3.63) is 23.3 Å². The maximum absolute atomic E-state index is 13.5. The molecule has 0 aromatic rings. The van der Waals surface area contributed by atoms with E-state index in [0.717, 1.165) is 24.0 Å². The standard InChI is InChI=1S/C39H68O11/c1-9-12-34(48-29(7)40)19-25(3)20-37-27(5)36(45)23-31(42)14-11-10-13-24(2)15-17-32(43)21-35(49-30(8)41)22-33(44)18-16-26(4)38(46)28(6)39(47)50-37/h13,20,26-28,31-38,42-46H,9-12,14-19,21-23H2,1-8H3/b24-13+,25-20+/t26-,27+,28+,31?,32?,33+,34?,35+,36?,37-,38+/m1/s1. The maximum atomic E-state index is 13.5. The normalized spacial score (nSPS) is 34.3. The van der Waals surface area contributed by atoms with E-state index in [1.807, 2.05) is 20.8 Å². The third-order valence-corrected chi connectivity index (χ3v) is 9.76. The van der Waals surface area contributed by atoms with Gasteiger partial charge in [0.2, 0.25) is 0 Å². The monoisotopic (exact) mass is 712 g/mol. The van der Waals surface area contributed by atoms with Crippen molar-refractivity contribution >= 4 is 17.9 Å². The smallest absolute Gasteiger partial charge is 0.311 e. The number of ether oxygens (including phenoxy) is 3. The van der Waals surface area contributed by atoms with Crippen molar-refractivity contribution in [2.75, 3.05) is 0 Å². The van der Waals surface area contributed by atoms with Gasteiger partial charge in [0.1, 0.15) is 18.3 Å². The molecule has 0 amide bonds. The predicted molar refractivity (Wildman–Crippen MR) is 192 cm³/mol. The number of carbonyl (C=O) groups excluding carboxylic acids is 3. The Bertz CT molecular complexity index is 1070. The predicted octanol–water partition coefficient (Wildman–Crippen LogP) is 5.47. The Morgan fingerprint density at radius 1 is 0.920 bits per heavy atom. The summed E-state index contributed by atoms with van der Waals surface area (Å²) in [4.78, 5) is 36.9. The molecule has 1 aliphatic rings. The van der Waals surface area contributed by atoms with Crippen LogP contribution in [0.5, 0.6) is 0 Å². The summed E-state index contributed by atoms with van der Waals surface area (Å²) in [6, 6.07) is 0. The van der Waals surface area contributed by atoms with E-state index in [-0.39, 0.29) is 37.8 Å². The molecule has 0 saturated heterocycles. The van der Waals surface area contributed by atoms with Crippen molar-refractivity contribution in [1.82, 2.24) is 0 Å². The molecule has 5 N–H and O–H groups in total. The Morgan fingerprint density at radius 2 is 1.54 bits per heavy atom. The van der Waals surface area contributed by atoms with E-state index in [1.165, 1.54) is 13.8 Å². The molecule has 0 radical (unpaired) electrons. The molecule has 0 aromatic heterocycles. The number of aliphatic hydroxyl groups excluding tert-OH is 5. The van der Waals surface area contributed by atoms with Gasteiger partial charge in [0.25, 0.3) is 0 Å². The average molecular weight is 713 g/mol. The molecule has 11 heteroatoms. The van der Waals surface area contributed by atoms with Crippen molar-refractivity contribution in [3.63, 3.8) is 0 Å². The van der Waals surface area contributed by atoms with Gasteiger partial charge in [-0.3, -0.25) is 14.4 Å². The fourth-order valence-electron chi connectivity index (χ4n) is 6.56. The van der Waals surface area contributed by atoms with Crippen molar-refractivity contribution < 1.29 is 54.1 Å². The van der Waals surface area contributed by atoms with Gasteiger partial charge in [0.05, 0.1) is 36.4 Å². The van der Waals surface area contributed by atoms with Crippen LogP contribution in [0, 0.1) is 17.8 Å². The van der Waals surface area contributed by atoms with E-state index < -0.39 is 72.4 Å². The number of allylic oxidation sites excluding steroid dienone is 2. The number of hydrogen-bond acceptors (Lipinski definition) is 11. The fourth-order valence-corrected chi connectivity index (χ4v) is 6.56. The molecule has 1 aliphatic heterocycles. The first kappa shape index (κ1) is 45.7. The van der Waals surface area contributed by atoms with Crippen LogP contribution in [0.25, 0.3) is 0 Å².